The van der Waals surface area contributed by atoms with E-state index < -0.39 is 0 Å². The number of carbonyl (C=O) groups excluding carboxylic acids is 2. The van der Waals surface area contributed by atoms with Crippen LogP contribution < -0.4 is 10.6 Å². The van der Waals surface area contributed by atoms with Gasteiger partial charge in [0.05, 0.1) is 0 Å². The molecule has 1 aromatic rings. The number of nitrogens with two attached hydrogens (primary N) is 1. The number of hydrogen-bond donors (Lipinski definition) is 1. The highest BCUT2D eigenvalue weighted by Gasteiger charge is 2.27. The van der Waals surface area contributed by atoms with E-state index in [1.165, 1.54) is 0 Å². The van der Waals surface area contributed by atoms with Gasteiger partial charge in [0, 0.05) is 43.3 Å². The smallest absolute Gasteiger partial charge is 0.254 e. The van der Waals surface area contributed by atoms with Gasteiger partial charge in [0.15, 0.2) is 0 Å². The first kappa shape index (κ1) is 15.0. The predicted octanol–water partition coefficient (Wildman–Crippen LogP) is 1.77. The molecule has 2 heterocycles. The molecule has 1 atom stereocenters. The van der Waals surface area contributed by atoms with E-state index in [1.54, 1.807) is 4.90 Å². The monoisotopic (exact) mass is 301 g/mol. The van der Waals surface area contributed by atoms with Crippen molar-refractivity contribution in [3.63, 3.8) is 0 Å². The minimum atomic E-state index is 0.0312. The van der Waals surface area contributed by atoms with Gasteiger partial charge in [-0.2, -0.15) is 0 Å². The molecule has 2 aliphatic rings. The lowest BCUT2D eigenvalue weighted by atomic mass is 10.0. The fourth-order valence-electron chi connectivity index (χ4n) is 3.41. The molecule has 2 N–H and O–H groups in total. The number of carbonyl (C=O) groups is 2. The molecule has 0 radical (unpaired) electrons. The van der Waals surface area contributed by atoms with E-state index in [1.807, 2.05) is 29.2 Å². The van der Waals surface area contributed by atoms with E-state index in [0.29, 0.717) is 18.5 Å². The summed E-state index contributed by atoms with van der Waals surface area (Å²) < 4.78 is 0. The van der Waals surface area contributed by atoms with Crippen LogP contribution in [0.2, 0.25) is 0 Å². The second-order valence-corrected chi connectivity index (χ2v) is 6.08. The molecule has 1 aromatic carbocycles. The largest absolute Gasteiger partial charge is 0.334 e. The molecule has 0 aliphatic carbocycles. The topological polar surface area (TPSA) is 66.6 Å². The molecule has 118 valence electrons. The zero-order chi connectivity index (χ0) is 15.5. The third-order valence-corrected chi connectivity index (χ3v) is 4.64. The average molecular weight is 301 g/mol. The number of anilines is 1. The first-order valence-corrected chi connectivity index (χ1v) is 8.12. The van der Waals surface area contributed by atoms with Crippen LogP contribution in [0.25, 0.3) is 0 Å². The van der Waals surface area contributed by atoms with E-state index in [9.17, 15) is 9.59 Å². The second-order valence-electron chi connectivity index (χ2n) is 6.08. The lowest BCUT2D eigenvalue weighted by molar-refractivity contribution is -0.117. The maximum absolute atomic E-state index is 12.8. The van der Waals surface area contributed by atoms with Crippen molar-refractivity contribution in [1.29, 1.82) is 0 Å². The lowest BCUT2D eigenvalue weighted by Crippen LogP contribution is -2.47. The fourth-order valence-corrected chi connectivity index (χ4v) is 3.41. The van der Waals surface area contributed by atoms with Crippen molar-refractivity contribution in [2.45, 2.75) is 38.1 Å². The van der Waals surface area contributed by atoms with Gasteiger partial charge in [-0.3, -0.25) is 9.59 Å². The number of rotatable bonds is 3. The molecular weight excluding hydrogens is 278 g/mol. The molecule has 0 bridgehead atoms. The lowest BCUT2D eigenvalue weighted by Gasteiger charge is -2.35. The molecule has 2 saturated heterocycles. The Kier molecular flexibility index (Phi) is 4.43. The van der Waals surface area contributed by atoms with Crippen molar-refractivity contribution in [1.82, 2.24) is 4.90 Å². The maximum Gasteiger partial charge on any atom is 0.254 e. The third-order valence-electron chi connectivity index (χ3n) is 4.64. The third kappa shape index (κ3) is 2.86. The highest BCUT2D eigenvalue weighted by molar-refractivity contribution is 5.99. The van der Waals surface area contributed by atoms with Gasteiger partial charge in [0.1, 0.15) is 0 Å². The van der Waals surface area contributed by atoms with Crippen molar-refractivity contribution in [3.8, 4) is 0 Å². The summed E-state index contributed by atoms with van der Waals surface area (Å²) in [6.07, 6.45) is 4.63. The summed E-state index contributed by atoms with van der Waals surface area (Å²) >= 11 is 0. The Morgan fingerprint density at radius 1 is 1.23 bits per heavy atom. The van der Waals surface area contributed by atoms with Gasteiger partial charge in [-0.1, -0.05) is 6.07 Å². The number of likely N-dealkylation sites (tertiary alicyclic amines) is 1. The van der Waals surface area contributed by atoms with Gasteiger partial charge in [-0.05, 0) is 43.9 Å². The van der Waals surface area contributed by atoms with Gasteiger partial charge < -0.3 is 15.5 Å². The van der Waals surface area contributed by atoms with Crippen molar-refractivity contribution in [2.75, 3.05) is 24.5 Å². The number of benzene rings is 1. The summed E-state index contributed by atoms with van der Waals surface area (Å²) in [5.41, 5.74) is 7.29. The highest BCUT2D eigenvalue weighted by Crippen LogP contribution is 2.24. The molecule has 3 rings (SSSR count). The van der Waals surface area contributed by atoms with Crippen LogP contribution in [-0.4, -0.2) is 42.4 Å². The molecule has 2 amide bonds. The second kappa shape index (κ2) is 6.48. The average Bonchev–Trinajstić information content (AvgIpc) is 3.00. The molecule has 0 saturated carbocycles. The molecule has 22 heavy (non-hydrogen) atoms. The number of hydrogen-bond acceptors (Lipinski definition) is 3. The molecule has 5 nitrogen and oxygen atoms in total. The van der Waals surface area contributed by atoms with Crippen molar-refractivity contribution < 1.29 is 9.59 Å². The summed E-state index contributed by atoms with van der Waals surface area (Å²) in [6, 6.07) is 7.56. The van der Waals surface area contributed by atoms with Crippen LogP contribution in [-0.2, 0) is 4.79 Å². The summed E-state index contributed by atoms with van der Waals surface area (Å²) in [7, 11) is 0. The van der Waals surface area contributed by atoms with Gasteiger partial charge in [0.25, 0.3) is 5.91 Å². The van der Waals surface area contributed by atoms with Crippen LogP contribution in [0.1, 0.15) is 42.5 Å². The van der Waals surface area contributed by atoms with E-state index in [4.69, 9.17) is 5.73 Å². The first-order chi connectivity index (χ1) is 10.7. The van der Waals surface area contributed by atoms with Crippen LogP contribution in [0.5, 0.6) is 0 Å². The van der Waals surface area contributed by atoms with Crippen LogP contribution in [0, 0.1) is 0 Å². The van der Waals surface area contributed by atoms with Crippen molar-refractivity contribution >= 4 is 17.5 Å². The first-order valence-electron chi connectivity index (χ1n) is 8.12. The van der Waals surface area contributed by atoms with E-state index in [-0.39, 0.29) is 17.9 Å². The summed E-state index contributed by atoms with van der Waals surface area (Å²) in [6.45, 7) is 2.02. The molecule has 2 aliphatic heterocycles. The molecule has 0 spiro atoms. The minimum Gasteiger partial charge on any atom is -0.334 e. The highest BCUT2D eigenvalue weighted by atomic mass is 16.2. The minimum absolute atomic E-state index is 0.0312. The molecule has 2 fully saturated rings. The Balaban J connectivity index is 1.82. The number of nitrogens with zero attached hydrogens (tertiary/aromatic N) is 2. The Morgan fingerprint density at radius 3 is 2.82 bits per heavy atom. The standard InChI is InChI=1S/C17H23N3O2/c18-12-15-6-1-2-9-20(15)17(22)13-5-3-7-14(11-13)19-10-4-8-16(19)21/h3,5,7,11,15H,1-2,4,6,8-10,12,18H2. The van der Waals surface area contributed by atoms with Crippen LogP contribution in [0.15, 0.2) is 24.3 Å². The Hall–Kier alpha value is -1.88. The summed E-state index contributed by atoms with van der Waals surface area (Å²) in [5.74, 6) is 0.172. The number of piperidine rings is 1. The fraction of sp³-hybridized carbons (Fsp3) is 0.529. The van der Waals surface area contributed by atoms with Gasteiger partial charge in [-0.15, -0.1) is 0 Å². The summed E-state index contributed by atoms with van der Waals surface area (Å²) in [5, 5.41) is 0. The van der Waals surface area contributed by atoms with Crippen LogP contribution in [0.3, 0.4) is 0 Å². The van der Waals surface area contributed by atoms with Gasteiger partial charge in [0.2, 0.25) is 5.91 Å². The maximum atomic E-state index is 12.8. The molecule has 5 heteroatoms. The van der Waals surface area contributed by atoms with Crippen molar-refractivity contribution in [3.05, 3.63) is 29.8 Å². The molecular formula is C17H23N3O2. The van der Waals surface area contributed by atoms with E-state index in [0.717, 1.165) is 44.5 Å². The molecule has 0 aromatic heterocycles. The summed E-state index contributed by atoms with van der Waals surface area (Å²) in [4.78, 5) is 28.3. The predicted molar refractivity (Wildman–Crippen MR) is 85.8 cm³/mol. The van der Waals surface area contributed by atoms with Crippen LogP contribution in [0.4, 0.5) is 5.69 Å². The Morgan fingerprint density at radius 2 is 2.09 bits per heavy atom. The zero-order valence-electron chi connectivity index (χ0n) is 12.8. The normalized spacial score (nSPS) is 22.2. The number of amides is 2. The van der Waals surface area contributed by atoms with Crippen LogP contribution >= 0.6 is 0 Å². The quantitative estimate of drug-likeness (QED) is 0.925. The van der Waals surface area contributed by atoms with Gasteiger partial charge >= 0.3 is 0 Å². The Labute approximate surface area is 131 Å². The Bertz CT molecular complexity index is 573. The van der Waals surface area contributed by atoms with E-state index in [2.05, 4.69) is 0 Å². The van der Waals surface area contributed by atoms with E-state index >= 15 is 0 Å². The molecule has 1 unspecified atom stereocenters. The zero-order valence-corrected chi connectivity index (χ0v) is 12.8. The van der Waals surface area contributed by atoms with Crippen molar-refractivity contribution in [2.24, 2.45) is 5.73 Å². The SMILES string of the molecule is NCC1CCCCN1C(=O)c1cccc(N2CCCC2=O)c1. The van der Waals surface area contributed by atoms with Gasteiger partial charge in [-0.25, -0.2) is 0 Å².